The van der Waals surface area contributed by atoms with E-state index < -0.39 is 17.9 Å². The highest BCUT2D eigenvalue weighted by molar-refractivity contribution is 5.99. The number of ether oxygens (including phenoxy) is 2. The van der Waals surface area contributed by atoms with E-state index in [0.29, 0.717) is 5.75 Å². The summed E-state index contributed by atoms with van der Waals surface area (Å²) < 4.78 is 9.87. The Morgan fingerprint density at radius 3 is 2.12 bits per heavy atom. The second kappa shape index (κ2) is 5.20. The van der Waals surface area contributed by atoms with Crippen LogP contribution in [0.15, 0.2) is 18.2 Å². The van der Waals surface area contributed by atoms with Gasteiger partial charge < -0.3 is 19.7 Å². The summed E-state index contributed by atoms with van der Waals surface area (Å²) in [4.78, 5) is 21.9. The molecule has 0 unspecified atom stereocenters. The summed E-state index contributed by atoms with van der Waals surface area (Å²) in [6.07, 6.45) is 0. The Labute approximate surface area is 97.4 Å². The number of carboxylic acid groups (broad SMARTS) is 2. The van der Waals surface area contributed by atoms with Gasteiger partial charge in [-0.25, -0.2) is 0 Å². The zero-order chi connectivity index (χ0) is 13.0. The van der Waals surface area contributed by atoms with Gasteiger partial charge in [-0.2, -0.15) is 0 Å². The van der Waals surface area contributed by atoms with Crippen LogP contribution in [-0.4, -0.2) is 36.4 Å². The van der Waals surface area contributed by atoms with E-state index in [0.717, 1.165) is 0 Å². The maximum atomic E-state index is 10.9. The van der Waals surface area contributed by atoms with Gasteiger partial charge in [-0.05, 0) is 18.2 Å². The Morgan fingerprint density at radius 2 is 1.71 bits per heavy atom. The van der Waals surface area contributed by atoms with Gasteiger partial charge in [-0.3, -0.25) is 9.59 Å². The number of carboxylic acids is 2. The summed E-state index contributed by atoms with van der Waals surface area (Å²) in [5.74, 6) is -4.03. The summed E-state index contributed by atoms with van der Waals surface area (Å²) in [7, 11) is 2.74. The maximum Gasteiger partial charge on any atom is 0.322 e. The number of hydrogen-bond acceptors (Lipinski definition) is 4. The van der Waals surface area contributed by atoms with Crippen LogP contribution < -0.4 is 9.47 Å². The molecule has 17 heavy (non-hydrogen) atoms. The first kappa shape index (κ1) is 12.8. The smallest absolute Gasteiger partial charge is 0.322 e. The minimum absolute atomic E-state index is 0.0480. The summed E-state index contributed by atoms with van der Waals surface area (Å²) >= 11 is 0. The molecule has 6 heteroatoms. The molecule has 0 fully saturated rings. The molecule has 0 heterocycles. The first-order valence-corrected chi connectivity index (χ1v) is 4.68. The molecule has 0 saturated heterocycles. The zero-order valence-corrected chi connectivity index (χ0v) is 9.34. The molecular formula is C11H12O6. The van der Waals surface area contributed by atoms with Crippen LogP contribution in [0.1, 0.15) is 11.5 Å². The van der Waals surface area contributed by atoms with Crippen molar-refractivity contribution in [1.82, 2.24) is 0 Å². The predicted octanol–water partition coefficient (Wildman–Crippen LogP) is 0.957. The molecule has 2 N–H and O–H groups in total. The normalized spacial score (nSPS) is 10.1. The fourth-order valence-electron chi connectivity index (χ4n) is 1.44. The van der Waals surface area contributed by atoms with Crippen molar-refractivity contribution in [3.63, 3.8) is 0 Å². The zero-order valence-electron chi connectivity index (χ0n) is 9.34. The lowest BCUT2D eigenvalue weighted by atomic mass is 9.98. The van der Waals surface area contributed by atoms with E-state index in [-0.39, 0.29) is 11.3 Å². The summed E-state index contributed by atoms with van der Waals surface area (Å²) in [5.41, 5.74) is 0.0480. The van der Waals surface area contributed by atoms with Crippen LogP contribution in [0.3, 0.4) is 0 Å². The lowest BCUT2D eigenvalue weighted by molar-refractivity contribution is -0.150. The number of rotatable bonds is 5. The van der Waals surface area contributed by atoms with E-state index in [1.54, 1.807) is 6.07 Å². The van der Waals surface area contributed by atoms with Gasteiger partial charge in [0.25, 0.3) is 0 Å². The van der Waals surface area contributed by atoms with Crippen LogP contribution in [0, 0.1) is 0 Å². The molecule has 6 nitrogen and oxygen atoms in total. The fourth-order valence-corrected chi connectivity index (χ4v) is 1.44. The lowest BCUT2D eigenvalue weighted by Crippen LogP contribution is -2.21. The van der Waals surface area contributed by atoms with E-state index in [2.05, 4.69) is 0 Å². The predicted molar refractivity (Wildman–Crippen MR) is 57.6 cm³/mol. The summed E-state index contributed by atoms with van der Waals surface area (Å²) in [6, 6.07) is 4.36. The third-order valence-corrected chi connectivity index (χ3v) is 2.24. The molecule has 0 saturated carbocycles. The van der Waals surface area contributed by atoms with E-state index in [9.17, 15) is 9.59 Å². The van der Waals surface area contributed by atoms with Crippen LogP contribution in [-0.2, 0) is 9.59 Å². The highest BCUT2D eigenvalue weighted by atomic mass is 16.5. The minimum Gasteiger partial charge on any atom is -0.497 e. The molecule has 0 radical (unpaired) electrons. The Morgan fingerprint density at radius 1 is 1.12 bits per heavy atom. The van der Waals surface area contributed by atoms with Gasteiger partial charge in [0.05, 0.1) is 14.2 Å². The molecular weight excluding hydrogens is 228 g/mol. The lowest BCUT2D eigenvalue weighted by Gasteiger charge is -2.13. The average Bonchev–Trinajstić information content (AvgIpc) is 2.28. The van der Waals surface area contributed by atoms with Crippen molar-refractivity contribution < 1.29 is 29.3 Å². The minimum atomic E-state index is -1.68. The van der Waals surface area contributed by atoms with Crippen molar-refractivity contribution in [1.29, 1.82) is 0 Å². The molecule has 1 aromatic carbocycles. The van der Waals surface area contributed by atoms with Gasteiger partial charge >= 0.3 is 11.9 Å². The third-order valence-electron chi connectivity index (χ3n) is 2.24. The number of hydrogen-bond donors (Lipinski definition) is 2. The van der Waals surface area contributed by atoms with Crippen molar-refractivity contribution in [3.05, 3.63) is 23.8 Å². The molecule has 0 spiro atoms. The molecule has 0 aliphatic carbocycles. The first-order chi connectivity index (χ1) is 8.01. The Bertz CT molecular complexity index is 426. The van der Waals surface area contributed by atoms with E-state index in [1.165, 1.54) is 26.4 Å². The topological polar surface area (TPSA) is 93.1 Å². The van der Waals surface area contributed by atoms with Gasteiger partial charge in [-0.1, -0.05) is 0 Å². The van der Waals surface area contributed by atoms with E-state index in [4.69, 9.17) is 19.7 Å². The average molecular weight is 240 g/mol. The van der Waals surface area contributed by atoms with Crippen LogP contribution >= 0.6 is 0 Å². The highest BCUT2D eigenvalue weighted by Crippen LogP contribution is 2.31. The first-order valence-electron chi connectivity index (χ1n) is 4.68. The van der Waals surface area contributed by atoms with Crippen molar-refractivity contribution >= 4 is 11.9 Å². The fraction of sp³-hybridized carbons (Fsp3) is 0.273. The van der Waals surface area contributed by atoms with Crippen LogP contribution in [0.4, 0.5) is 0 Å². The quantitative estimate of drug-likeness (QED) is 0.744. The molecule has 1 aromatic rings. The molecule has 1 rings (SSSR count). The monoisotopic (exact) mass is 240 g/mol. The van der Waals surface area contributed by atoms with E-state index in [1.807, 2.05) is 0 Å². The van der Waals surface area contributed by atoms with Crippen molar-refractivity contribution in [3.8, 4) is 11.5 Å². The Hall–Kier alpha value is -2.24. The summed E-state index contributed by atoms with van der Waals surface area (Å²) in [6.45, 7) is 0. The van der Waals surface area contributed by atoms with Crippen LogP contribution in [0.5, 0.6) is 11.5 Å². The second-order valence-electron chi connectivity index (χ2n) is 3.22. The molecule has 0 amide bonds. The Kier molecular flexibility index (Phi) is 3.92. The Balaban J connectivity index is 3.33. The third kappa shape index (κ3) is 2.66. The van der Waals surface area contributed by atoms with Gasteiger partial charge in [0.15, 0.2) is 5.92 Å². The van der Waals surface area contributed by atoms with Crippen LogP contribution in [0.2, 0.25) is 0 Å². The van der Waals surface area contributed by atoms with Gasteiger partial charge in [0, 0.05) is 5.56 Å². The standard InChI is InChI=1S/C11H12O6/c1-16-6-3-4-8(17-2)7(5-6)9(10(12)13)11(14)15/h3-5,9H,1-2H3,(H,12,13)(H,14,15). The van der Waals surface area contributed by atoms with E-state index >= 15 is 0 Å². The van der Waals surface area contributed by atoms with Gasteiger partial charge in [-0.15, -0.1) is 0 Å². The van der Waals surface area contributed by atoms with Crippen molar-refractivity contribution in [2.45, 2.75) is 5.92 Å². The SMILES string of the molecule is COc1ccc(OC)c(C(C(=O)O)C(=O)O)c1. The van der Waals surface area contributed by atoms with Crippen molar-refractivity contribution in [2.75, 3.05) is 14.2 Å². The molecule has 92 valence electrons. The maximum absolute atomic E-state index is 10.9. The molecule has 0 aliphatic rings. The van der Waals surface area contributed by atoms with Crippen LogP contribution in [0.25, 0.3) is 0 Å². The summed E-state index contributed by atoms with van der Waals surface area (Å²) in [5, 5.41) is 17.8. The van der Waals surface area contributed by atoms with Gasteiger partial charge in [0.1, 0.15) is 11.5 Å². The number of aliphatic carboxylic acids is 2. The number of carbonyl (C=O) groups is 2. The second-order valence-corrected chi connectivity index (χ2v) is 3.22. The van der Waals surface area contributed by atoms with Crippen molar-refractivity contribution in [2.24, 2.45) is 0 Å². The largest absolute Gasteiger partial charge is 0.497 e. The highest BCUT2D eigenvalue weighted by Gasteiger charge is 2.31. The number of benzene rings is 1. The molecule has 0 bridgehead atoms. The number of methoxy groups -OCH3 is 2. The molecule has 0 aromatic heterocycles. The molecule has 0 atom stereocenters. The van der Waals surface area contributed by atoms with Gasteiger partial charge in [0.2, 0.25) is 0 Å². The molecule has 0 aliphatic heterocycles.